The van der Waals surface area contributed by atoms with E-state index in [2.05, 4.69) is 4.90 Å². The Morgan fingerprint density at radius 3 is 2.56 bits per heavy atom. The van der Waals surface area contributed by atoms with Gasteiger partial charge in [-0.2, -0.15) is 0 Å². The van der Waals surface area contributed by atoms with E-state index in [9.17, 15) is 9.18 Å². The molecule has 0 N–H and O–H groups in total. The minimum atomic E-state index is -0.251. The standard InChI is InChI=1S/C20H23FN2O2/c1-14-16(5-4-6-19(14)21)13-22-11-12-23(20(24)15(22)2)17-7-9-18(25-3)10-8-17/h4-10,15H,11-13H2,1-3H3/t15-/m1/s1. The maximum atomic E-state index is 13.7. The fourth-order valence-corrected chi connectivity index (χ4v) is 3.19. The second kappa shape index (κ2) is 7.23. The van der Waals surface area contributed by atoms with Crippen molar-refractivity contribution in [2.75, 3.05) is 25.1 Å². The summed E-state index contributed by atoms with van der Waals surface area (Å²) in [6.07, 6.45) is 0. The molecule has 0 aromatic heterocycles. The van der Waals surface area contributed by atoms with Crippen molar-refractivity contribution in [3.8, 4) is 5.75 Å². The number of hydrogen-bond donors (Lipinski definition) is 0. The molecule has 1 aliphatic rings. The number of ether oxygens (including phenoxy) is 1. The van der Waals surface area contributed by atoms with E-state index in [-0.39, 0.29) is 17.8 Å². The molecule has 0 unspecified atom stereocenters. The Kier molecular flexibility index (Phi) is 5.04. The maximum absolute atomic E-state index is 13.7. The lowest BCUT2D eigenvalue weighted by molar-refractivity contribution is -0.125. The molecule has 2 aromatic rings. The lowest BCUT2D eigenvalue weighted by Crippen LogP contribution is -2.55. The van der Waals surface area contributed by atoms with Crippen LogP contribution < -0.4 is 9.64 Å². The summed E-state index contributed by atoms with van der Waals surface area (Å²) < 4.78 is 18.9. The monoisotopic (exact) mass is 342 g/mol. The first-order valence-electron chi connectivity index (χ1n) is 8.44. The minimum Gasteiger partial charge on any atom is -0.497 e. The third-order valence-electron chi connectivity index (χ3n) is 4.92. The molecule has 2 aromatic carbocycles. The molecule has 0 spiro atoms. The van der Waals surface area contributed by atoms with Gasteiger partial charge in [-0.3, -0.25) is 9.69 Å². The first-order valence-corrected chi connectivity index (χ1v) is 8.44. The molecular formula is C20H23FN2O2. The molecule has 1 saturated heterocycles. The fourth-order valence-electron chi connectivity index (χ4n) is 3.19. The second-order valence-electron chi connectivity index (χ2n) is 6.36. The van der Waals surface area contributed by atoms with Crippen LogP contribution in [0.15, 0.2) is 42.5 Å². The van der Waals surface area contributed by atoms with Gasteiger partial charge < -0.3 is 9.64 Å². The molecule has 0 bridgehead atoms. The van der Waals surface area contributed by atoms with E-state index in [1.165, 1.54) is 6.07 Å². The van der Waals surface area contributed by atoms with Crippen molar-refractivity contribution < 1.29 is 13.9 Å². The van der Waals surface area contributed by atoms with Gasteiger partial charge in [0.2, 0.25) is 5.91 Å². The molecule has 25 heavy (non-hydrogen) atoms. The van der Waals surface area contributed by atoms with E-state index in [0.717, 1.165) is 23.5 Å². The van der Waals surface area contributed by atoms with Gasteiger partial charge in [0.25, 0.3) is 0 Å². The van der Waals surface area contributed by atoms with Crippen molar-refractivity contribution in [3.63, 3.8) is 0 Å². The van der Waals surface area contributed by atoms with Crippen molar-refractivity contribution >= 4 is 11.6 Å². The molecule has 1 amide bonds. The van der Waals surface area contributed by atoms with Crippen molar-refractivity contribution in [3.05, 3.63) is 59.4 Å². The van der Waals surface area contributed by atoms with Gasteiger partial charge in [-0.15, -0.1) is 0 Å². The van der Waals surface area contributed by atoms with Gasteiger partial charge in [-0.25, -0.2) is 4.39 Å². The highest BCUT2D eigenvalue weighted by molar-refractivity contribution is 5.97. The van der Waals surface area contributed by atoms with Crippen LogP contribution in [0.1, 0.15) is 18.1 Å². The fraction of sp³-hybridized carbons (Fsp3) is 0.350. The molecule has 0 radical (unpaired) electrons. The van der Waals surface area contributed by atoms with Gasteiger partial charge in [0.1, 0.15) is 11.6 Å². The molecule has 1 heterocycles. The highest BCUT2D eigenvalue weighted by atomic mass is 19.1. The molecule has 0 aliphatic carbocycles. The molecule has 3 rings (SSSR count). The number of hydrogen-bond acceptors (Lipinski definition) is 3. The molecule has 5 heteroatoms. The second-order valence-corrected chi connectivity index (χ2v) is 6.36. The van der Waals surface area contributed by atoms with Gasteiger partial charge in [0.15, 0.2) is 0 Å². The van der Waals surface area contributed by atoms with E-state index in [1.54, 1.807) is 25.0 Å². The number of nitrogens with zero attached hydrogens (tertiary/aromatic N) is 2. The number of carbonyl (C=O) groups excluding carboxylic acids is 1. The zero-order valence-corrected chi connectivity index (χ0v) is 14.8. The van der Waals surface area contributed by atoms with Gasteiger partial charge >= 0.3 is 0 Å². The van der Waals surface area contributed by atoms with Crippen molar-refractivity contribution in [2.45, 2.75) is 26.4 Å². The number of piperazine rings is 1. The van der Waals surface area contributed by atoms with E-state index in [4.69, 9.17) is 4.74 Å². The Balaban J connectivity index is 1.73. The zero-order valence-electron chi connectivity index (χ0n) is 14.8. The van der Waals surface area contributed by atoms with Crippen molar-refractivity contribution in [1.29, 1.82) is 0 Å². The van der Waals surface area contributed by atoms with Gasteiger partial charge in [0, 0.05) is 25.3 Å². The smallest absolute Gasteiger partial charge is 0.244 e. The Morgan fingerprint density at radius 2 is 1.88 bits per heavy atom. The maximum Gasteiger partial charge on any atom is 0.244 e. The summed E-state index contributed by atoms with van der Waals surface area (Å²) in [5, 5.41) is 0. The average Bonchev–Trinajstić information content (AvgIpc) is 2.63. The van der Waals surface area contributed by atoms with Crippen LogP contribution in [0.3, 0.4) is 0 Å². The minimum absolute atomic E-state index is 0.0606. The summed E-state index contributed by atoms with van der Waals surface area (Å²) in [6, 6.07) is 12.4. The third-order valence-corrected chi connectivity index (χ3v) is 4.92. The normalized spacial score (nSPS) is 18.5. The van der Waals surface area contributed by atoms with Crippen molar-refractivity contribution in [1.82, 2.24) is 4.90 Å². The summed E-state index contributed by atoms with van der Waals surface area (Å²) in [5.41, 5.74) is 2.46. The topological polar surface area (TPSA) is 32.8 Å². The first-order chi connectivity index (χ1) is 12.0. The Hall–Kier alpha value is -2.40. The molecule has 0 saturated carbocycles. The number of benzene rings is 2. The van der Waals surface area contributed by atoms with Crippen LogP contribution in [0.2, 0.25) is 0 Å². The number of carbonyl (C=O) groups is 1. The Labute approximate surface area is 147 Å². The van der Waals surface area contributed by atoms with Crippen LogP contribution in [-0.4, -0.2) is 37.0 Å². The van der Waals surface area contributed by atoms with Crippen molar-refractivity contribution in [2.24, 2.45) is 0 Å². The first kappa shape index (κ1) is 17.4. The van der Waals surface area contributed by atoms with Gasteiger partial charge in [-0.1, -0.05) is 12.1 Å². The largest absolute Gasteiger partial charge is 0.497 e. The summed E-state index contributed by atoms with van der Waals surface area (Å²) in [5.74, 6) is 0.628. The number of methoxy groups -OCH3 is 1. The lowest BCUT2D eigenvalue weighted by atomic mass is 10.1. The van der Waals surface area contributed by atoms with Crippen LogP contribution in [-0.2, 0) is 11.3 Å². The lowest BCUT2D eigenvalue weighted by Gasteiger charge is -2.39. The van der Waals surface area contributed by atoms with E-state index >= 15 is 0 Å². The van der Waals surface area contributed by atoms with Gasteiger partial charge in [-0.05, 0) is 55.3 Å². The van der Waals surface area contributed by atoms with E-state index in [0.29, 0.717) is 18.7 Å². The van der Waals surface area contributed by atoms with Crippen LogP contribution >= 0.6 is 0 Å². The van der Waals surface area contributed by atoms with Gasteiger partial charge in [0.05, 0.1) is 13.2 Å². The predicted molar refractivity (Wildman–Crippen MR) is 96.4 cm³/mol. The number of amides is 1. The summed E-state index contributed by atoms with van der Waals surface area (Å²) in [4.78, 5) is 16.7. The van der Waals surface area contributed by atoms with Crippen LogP contribution in [0, 0.1) is 12.7 Å². The predicted octanol–water partition coefficient (Wildman–Crippen LogP) is 3.38. The SMILES string of the molecule is COc1ccc(N2CCN(Cc3cccc(F)c3C)[C@H](C)C2=O)cc1. The highest BCUT2D eigenvalue weighted by Gasteiger charge is 2.32. The molecular weight excluding hydrogens is 319 g/mol. The van der Waals surface area contributed by atoms with Crippen LogP contribution in [0.5, 0.6) is 5.75 Å². The molecule has 1 aliphatic heterocycles. The molecule has 132 valence electrons. The van der Waals surface area contributed by atoms with Crippen LogP contribution in [0.4, 0.5) is 10.1 Å². The molecule has 4 nitrogen and oxygen atoms in total. The van der Waals surface area contributed by atoms with Crippen LogP contribution in [0.25, 0.3) is 0 Å². The molecule has 1 fully saturated rings. The molecule has 1 atom stereocenters. The number of anilines is 1. The van der Waals surface area contributed by atoms with E-state index < -0.39 is 0 Å². The zero-order chi connectivity index (χ0) is 18.0. The Morgan fingerprint density at radius 1 is 1.16 bits per heavy atom. The average molecular weight is 342 g/mol. The summed E-state index contributed by atoms with van der Waals surface area (Å²) in [7, 11) is 1.62. The highest BCUT2D eigenvalue weighted by Crippen LogP contribution is 2.24. The summed E-state index contributed by atoms with van der Waals surface area (Å²) in [6.45, 7) is 5.63. The number of rotatable bonds is 4. The summed E-state index contributed by atoms with van der Waals surface area (Å²) >= 11 is 0. The van der Waals surface area contributed by atoms with E-state index in [1.807, 2.05) is 37.3 Å². The Bertz CT molecular complexity index is 761. The quantitative estimate of drug-likeness (QED) is 0.854. The number of halogens is 1. The third kappa shape index (κ3) is 3.51.